The van der Waals surface area contributed by atoms with Crippen LogP contribution in [0, 0.1) is 6.92 Å². The third kappa shape index (κ3) is 4.69. The van der Waals surface area contributed by atoms with Crippen molar-refractivity contribution in [1.82, 2.24) is 24.5 Å². The van der Waals surface area contributed by atoms with Gasteiger partial charge in [0, 0.05) is 30.7 Å². The summed E-state index contributed by atoms with van der Waals surface area (Å²) in [5.74, 6) is -2.33. The maximum Gasteiger partial charge on any atom is 0.436 e. The van der Waals surface area contributed by atoms with E-state index in [-0.39, 0.29) is 31.9 Å². The standard InChI is InChI=1S/C21H16ClF6N7O2S/c1-4-35-6-9(7(2)32-35)8-5-10(20(23,24)25)30-19-11(8)13(15(38-19)17(29)36)31-18(37)14-12(22)16(21(26,27)28)33-34(14)3/h5-6H,4H2,1-3H3,(H2,29,36)(H,31,37). The zero-order valence-electron chi connectivity index (χ0n) is 19.5. The average Bonchev–Trinajstić information content (AvgIpc) is 3.45. The van der Waals surface area contributed by atoms with Gasteiger partial charge in [-0.15, -0.1) is 11.3 Å². The maximum absolute atomic E-state index is 13.7. The van der Waals surface area contributed by atoms with Crippen LogP contribution < -0.4 is 11.1 Å². The normalized spacial score (nSPS) is 12.4. The van der Waals surface area contributed by atoms with Crippen molar-refractivity contribution >= 4 is 50.7 Å². The Morgan fingerprint density at radius 1 is 1.13 bits per heavy atom. The lowest BCUT2D eigenvalue weighted by Crippen LogP contribution is -2.19. The average molecular weight is 580 g/mol. The van der Waals surface area contributed by atoms with Crippen molar-refractivity contribution in [2.45, 2.75) is 32.7 Å². The molecule has 17 heteroatoms. The Morgan fingerprint density at radius 3 is 2.29 bits per heavy atom. The molecule has 9 nitrogen and oxygen atoms in total. The molecule has 38 heavy (non-hydrogen) atoms. The van der Waals surface area contributed by atoms with Gasteiger partial charge in [0.25, 0.3) is 11.8 Å². The quantitative estimate of drug-likeness (QED) is 0.312. The number of alkyl halides is 6. The Labute approximate surface area is 218 Å². The smallest absolute Gasteiger partial charge is 0.365 e. The first-order chi connectivity index (χ1) is 17.5. The second-order valence-electron chi connectivity index (χ2n) is 7.97. The van der Waals surface area contributed by atoms with Gasteiger partial charge in [0.15, 0.2) is 5.69 Å². The van der Waals surface area contributed by atoms with E-state index in [0.717, 1.165) is 13.1 Å². The number of hydrogen-bond acceptors (Lipinski definition) is 6. The summed E-state index contributed by atoms with van der Waals surface area (Å²) >= 11 is 6.29. The lowest BCUT2D eigenvalue weighted by molar-refractivity contribution is -0.141. The summed E-state index contributed by atoms with van der Waals surface area (Å²) in [5.41, 5.74) is 2.11. The van der Waals surface area contributed by atoms with Gasteiger partial charge in [0.2, 0.25) is 0 Å². The molecule has 0 aliphatic carbocycles. The first-order valence-electron chi connectivity index (χ1n) is 10.5. The van der Waals surface area contributed by atoms with E-state index in [9.17, 15) is 35.9 Å². The number of hydrogen-bond donors (Lipinski definition) is 2. The van der Waals surface area contributed by atoms with Crippen molar-refractivity contribution in [2.75, 3.05) is 5.32 Å². The number of nitrogens with one attached hydrogen (secondary N) is 1. The Morgan fingerprint density at radius 2 is 1.79 bits per heavy atom. The molecule has 4 heterocycles. The molecule has 0 radical (unpaired) electrons. The van der Waals surface area contributed by atoms with Gasteiger partial charge in [0.1, 0.15) is 26.1 Å². The number of carbonyl (C=O) groups is 2. The van der Waals surface area contributed by atoms with Gasteiger partial charge in [-0.1, -0.05) is 11.6 Å². The molecule has 2 amide bonds. The van der Waals surface area contributed by atoms with E-state index in [1.165, 1.54) is 10.9 Å². The molecule has 3 N–H and O–H groups in total. The molecule has 4 aromatic rings. The summed E-state index contributed by atoms with van der Waals surface area (Å²) in [4.78, 5) is 28.3. The zero-order chi connectivity index (χ0) is 28.3. The van der Waals surface area contributed by atoms with Crippen molar-refractivity contribution in [2.24, 2.45) is 12.8 Å². The molecule has 0 unspecified atom stereocenters. The monoisotopic (exact) mass is 579 g/mol. The number of nitrogens with two attached hydrogens (primary N) is 1. The molecule has 0 saturated carbocycles. The summed E-state index contributed by atoms with van der Waals surface area (Å²) in [7, 11) is 1.04. The van der Waals surface area contributed by atoms with Crippen LogP contribution in [0.4, 0.5) is 32.0 Å². The molecule has 202 valence electrons. The van der Waals surface area contributed by atoms with Crippen molar-refractivity contribution in [3.63, 3.8) is 0 Å². The Kier molecular flexibility index (Phi) is 6.68. The molecule has 0 spiro atoms. The van der Waals surface area contributed by atoms with E-state index in [4.69, 9.17) is 17.3 Å². The number of halogens is 7. The molecular weight excluding hydrogens is 564 g/mol. The fraction of sp³-hybridized carbons (Fsp3) is 0.286. The molecule has 4 aromatic heterocycles. The molecule has 4 rings (SSSR count). The highest BCUT2D eigenvalue weighted by Crippen LogP contribution is 2.44. The fourth-order valence-electron chi connectivity index (χ4n) is 3.79. The summed E-state index contributed by atoms with van der Waals surface area (Å²) in [6.45, 7) is 3.70. The van der Waals surface area contributed by atoms with Crippen LogP contribution in [0.1, 0.15) is 44.2 Å². The fourth-order valence-corrected chi connectivity index (χ4v) is 5.15. The van der Waals surface area contributed by atoms with Crippen molar-refractivity contribution in [3.05, 3.63) is 44.9 Å². The second-order valence-corrected chi connectivity index (χ2v) is 9.35. The highest BCUT2D eigenvalue weighted by molar-refractivity contribution is 7.21. The number of anilines is 1. The minimum atomic E-state index is -4.97. The third-order valence-corrected chi connectivity index (χ3v) is 6.90. The first kappa shape index (κ1) is 27.4. The first-order valence-corrected chi connectivity index (χ1v) is 11.7. The molecule has 0 atom stereocenters. The lowest BCUT2D eigenvalue weighted by atomic mass is 10.0. The predicted octanol–water partition coefficient (Wildman–Crippen LogP) is 5.26. The van der Waals surface area contributed by atoms with E-state index in [1.807, 2.05) is 0 Å². The summed E-state index contributed by atoms with van der Waals surface area (Å²) in [6.07, 6.45) is -8.36. The topological polar surface area (TPSA) is 121 Å². The van der Waals surface area contributed by atoms with Gasteiger partial charge in [-0.2, -0.15) is 36.5 Å². The second kappa shape index (κ2) is 9.27. The van der Waals surface area contributed by atoms with Crippen molar-refractivity contribution in [3.8, 4) is 11.1 Å². The number of aryl methyl sites for hydroxylation is 3. The van der Waals surface area contributed by atoms with Crippen LogP contribution in [0.25, 0.3) is 21.3 Å². The van der Waals surface area contributed by atoms with Crippen LogP contribution in [-0.2, 0) is 25.9 Å². The predicted molar refractivity (Wildman–Crippen MR) is 126 cm³/mol. The van der Waals surface area contributed by atoms with Crippen LogP contribution in [0.5, 0.6) is 0 Å². The van der Waals surface area contributed by atoms with Gasteiger partial charge < -0.3 is 11.1 Å². The lowest BCUT2D eigenvalue weighted by Gasteiger charge is -2.12. The van der Waals surface area contributed by atoms with Crippen LogP contribution in [0.3, 0.4) is 0 Å². The van der Waals surface area contributed by atoms with Gasteiger partial charge in [-0.3, -0.25) is 19.0 Å². The Bertz CT molecular complexity index is 1600. The number of fused-ring (bicyclic) bond motifs is 1. The number of pyridine rings is 1. The van der Waals surface area contributed by atoms with Crippen molar-refractivity contribution in [1.29, 1.82) is 0 Å². The molecule has 0 bridgehead atoms. The number of rotatable bonds is 5. The van der Waals surface area contributed by atoms with Crippen LogP contribution in [0.2, 0.25) is 5.02 Å². The zero-order valence-corrected chi connectivity index (χ0v) is 21.1. The van der Waals surface area contributed by atoms with Crippen molar-refractivity contribution < 1.29 is 35.9 Å². The largest absolute Gasteiger partial charge is 0.436 e. The van der Waals surface area contributed by atoms with Crippen LogP contribution >= 0.6 is 22.9 Å². The Balaban J connectivity index is 1.99. The molecule has 0 fully saturated rings. The molecule has 0 aliphatic heterocycles. The van der Waals surface area contributed by atoms with Gasteiger partial charge >= 0.3 is 12.4 Å². The summed E-state index contributed by atoms with van der Waals surface area (Å²) in [6, 6.07) is 0.734. The SMILES string of the molecule is CCn1cc(-c2cc(C(F)(F)F)nc3sc(C(N)=O)c(NC(=O)c4c(Cl)c(C(F)(F)F)nn4C)c23)c(C)n1. The number of nitrogens with zero attached hydrogens (tertiary/aromatic N) is 5. The minimum absolute atomic E-state index is 0.0781. The van der Waals surface area contributed by atoms with Crippen LogP contribution in [-0.4, -0.2) is 36.4 Å². The van der Waals surface area contributed by atoms with Gasteiger partial charge in [-0.05, 0) is 25.5 Å². The highest BCUT2D eigenvalue weighted by atomic mass is 35.5. The number of thiophene rings is 1. The van der Waals surface area contributed by atoms with E-state index < -0.39 is 46.3 Å². The molecule has 0 aliphatic rings. The highest BCUT2D eigenvalue weighted by Gasteiger charge is 2.40. The Hall–Kier alpha value is -3.66. The summed E-state index contributed by atoms with van der Waals surface area (Å²) < 4.78 is 82.9. The van der Waals surface area contributed by atoms with Gasteiger partial charge in [0.05, 0.1) is 11.4 Å². The van der Waals surface area contributed by atoms with Gasteiger partial charge in [-0.25, -0.2) is 4.98 Å². The number of primary amides is 1. The maximum atomic E-state index is 13.7. The van der Waals surface area contributed by atoms with E-state index in [0.29, 0.717) is 28.3 Å². The third-order valence-electron chi connectivity index (χ3n) is 5.45. The van der Waals surface area contributed by atoms with E-state index >= 15 is 0 Å². The molecular formula is C21H16ClF6N7O2S. The molecule has 0 saturated heterocycles. The summed E-state index contributed by atoms with van der Waals surface area (Å²) in [5, 5.41) is 8.68. The minimum Gasteiger partial charge on any atom is -0.365 e. The van der Waals surface area contributed by atoms with Crippen LogP contribution in [0.15, 0.2) is 12.3 Å². The number of amides is 2. The van der Waals surface area contributed by atoms with E-state index in [2.05, 4.69) is 20.5 Å². The number of aromatic nitrogens is 5. The molecule has 0 aromatic carbocycles. The van der Waals surface area contributed by atoms with E-state index in [1.54, 1.807) is 13.8 Å². The number of carbonyl (C=O) groups excluding carboxylic acids is 2.